The van der Waals surface area contributed by atoms with Crippen LogP contribution in [-0.2, 0) is 25.3 Å². The predicted molar refractivity (Wildman–Crippen MR) is 197 cm³/mol. The number of benzene rings is 3. The number of esters is 1. The van der Waals surface area contributed by atoms with Gasteiger partial charge in [0, 0.05) is 44.0 Å². The maximum Gasteiger partial charge on any atom is 0.419 e. The minimum atomic E-state index is -5.27. The lowest BCUT2D eigenvalue weighted by molar-refractivity contribution is -0.144. The monoisotopic (exact) mass is 829 g/mol. The topological polar surface area (TPSA) is 88.2 Å². The number of carbonyl (C=O) groups excluding carboxylic acids is 3. The largest absolute Gasteiger partial charge is 0.466 e. The molecule has 8 nitrogen and oxygen atoms in total. The molecule has 1 N–H and O–H groups in total. The number of hydrogen-bond acceptors (Lipinski definition) is 7. The summed E-state index contributed by atoms with van der Waals surface area (Å²) in [6, 6.07) is 7.99. The lowest BCUT2D eigenvalue weighted by Gasteiger charge is -2.35. The van der Waals surface area contributed by atoms with Gasteiger partial charge in [-0.2, -0.15) is 26.3 Å². The molecule has 3 aromatic carbocycles. The van der Waals surface area contributed by atoms with E-state index < -0.39 is 77.0 Å². The van der Waals surface area contributed by atoms with Crippen LogP contribution < -0.4 is 10.1 Å². The fourth-order valence-electron chi connectivity index (χ4n) is 6.45. The van der Waals surface area contributed by atoms with E-state index in [1.54, 1.807) is 4.90 Å². The lowest BCUT2D eigenvalue weighted by Crippen LogP contribution is -2.48. The SMILES string of the molecule is CC.CCOC(=O)C[C@@H]1NC(=O)C(N(C)/C=C(CCN2CC(F)C2)\C(=C/C=O)C(F)(F)F)c2cccc(c2)Oc2cccc(Cl)c2-c2cc1c(F)c(C(F)(F)F)c2. The number of halogens is 9. The van der Waals surface area contributed by atoms with Crippen molar-refractivity contribution in [2.24, 2.45) is 0 Å². The number of ether oxygens (including phenoxy) is 2. The first-order valence-electron chi connectivity index (χ1n) is 17.9. The number of amides is 1. The van der Waals surface area contributed by atoms with E-state index >= 15 is 4.39 Å². The first-order chi connectivity index (χ1) is 26.9. The van der Waals surface area contributed by atoms with Crippen molar-refractivity contribution in [2.75, 3.05) is 33.3 Å². The van der Waals surface area contributed by atoms with Crippen LogP contribution in [0.1, 0.15) is 62.4 Å². The molecule has 2 heterocycles. The van der Waals surface area contributed by atoms with Crippen molar-refractivity contribution in [1.29, 1.82) is 0 Å². The van der Waals surface area contributed by atoms with Crippen molar-refractivity contribution in [3.05, 3.63) is 106 Å². The van der Waals surface area contributed by atoms with Crippen molar-refractivity contribution < 1.29 is 59.0 Å². The molecule has 308 valence electrons. The standard InChI is InChI=1S/C38H34ClF8N3O5.C2H6/c1-3-54-32(52)17-30-26-15-23(16-28(34(26)41)38(45,46)47)33-29(39)8-5-9-31(33)55-25-7-4-6-21(14-25)35(36(53)48-30)49(2)18-22(10-12-50-19-24(40)20-50)27(11-13-51)37(42,43)44;1-2/h4-9,11,13-16,18,24,30,35H,3,10,12,17,19-20H2,1-2H3,(H,48,53);1-2H3/b22-18-,27-11+;/t30-,35?;/m0./s1. The molecule has 2 aliphatic rings. The zero-order valence-corrected chi connectivity index (χ0v) is 32.0. The van der Waals surface area contributed by atoms with Crippen LogP contribution in [0.2, 0.25) is 5.02 Å². The number of fused-ring (bicyclic) bond motifs is 6. The maximum absolute atomic E-state index is 16.1. The van der Waals surface area contributed by atoms with Crippen LogP contribution in [0, 0.1) is 5.82 Å². The number of allylic oxidation sites excluding steroid dienone is 2. The van der Waals surface area contributed by atoms with Crippen LogP contribution in [0.4, 0.5) is 35.1 Å². The molecule has 0 saturated carbocycles. The number of aldehydes is 1. The van der Waals surface area contributed by atoms with Crippen molar-refractivity contribution in [2.45, 2.75) is 64.2 Å². The molecule has 2 atom stereocenters. The smallest absolute Gasteiger partial charge is 0.419 e. The van der Waals surface area contributed by atoms with Crippen LogP contribution in [0.5, 0.6) is 11.5 Å². The van der Waals surface area contributed by atoms with Gasteiger partial charge in [-0.25, -0.2) is 8.78 Å². The number of alkyl halides is 7. The Hall–Kier alpha value is -4.96. The van der Waals surface area contributed by atoms with Crippen LogP contribution in [0.15, 0.2) is 78.0 Å². The fourth-order valence-corrected chi connectivity index (χ4v) is 6.73. The van der Waals surface area contributed by atoms with E-state index in [1.165, 1.54) is 56.4 Å². The van der Waals surface area contributed by atoms with Gasteiger partial charge in [-0.1, -0.05) is 43.6 Å². The third-order valence-corrected chi connectivity index (χ3v) is 9.27. The Morgan fingerprint density at radius 2 is 1.75 bits per heavy atom. The third kappa shape index (κ3) is 10.9. The first-order valence-corrected chi connectivity index (χ1v) is 18.2. The second-order valence-corrected chi connectivity index (χ2v) is 13.2. The van der Waals surface area contributed by atoms with Gasteiger partial charge in [-0.15, -0.1) is 0 Å². The minimum absolute atomic E-state index is 0.0102. The van der Waals surface area contributed by atoms with Gasteiger partial charge in [0.1, 0.15) is 35.8 Å². The van der Waals surface area contributed by atoms with E-state index in [-0.39, 0.29) is 72.2 Å². The molecule has 0 aromatic heterocycles. The highest BCUT2D eigenvalue weighted by Gasteiger charge is 2.40. The van der Waals surface area contributed by atoms with E-state index in [0.717, 1.165) is 17.2 Å². The Morgan fingerprint density at radius 1 is 1.07 bits per heavy atom. The Balaban J connectivity index is 0.00000354. The Bertz CT molecular complexity index is 2000. The van der Waals surface area contributed by atoms with Crippen LogP contribution in [0.3, 0.4) is 0 Å². The molecule has 17 heteroatoms. The van der Waals surface area contributed by atoms with Crippen LogP contribution in [0.25, 0.3) is 11.1 Å². The second kappa shape index (κ2) is 19.0. The summed E-state index contributed by atoms with van der Waals surface area (Å²) in [5.41, 5.74) is -4.56. The van der Waals surface area contributed by atoms with Gasteiger partial charge in [0.25, 0.3) is 0 Å². The molecule has 0 aliphatic carbocycles. The van der Waals surface area contributed by atoms with Crippen molar-refractivity contribution >= 4 is 29.8 Å². The molecular weight excluding hydrogens is 790 g/mol. The number of carbonyl (C=O) groups is 3. The van der Waals surface area contributed by atoms with Crippen LogP contribution >= 0.6 is 11.6 Å². The Kier molecular flexibility index (Phi) is 14.9. The molecule has 4 bridgehead atoms. The normalized spacial score (nSPS) is 17.9. The maximum atomic E-state index is 16.1. The fraction of sp³-hybridized carbons (Fsp3) is 0.375. The summed E-state index contributed by atoms with van der Waals surface area (Å²) in [6.07, 6.45) is -11.4. The summed E-state index contributed by atoms with van der Waals surface area (Å²) in [7, 11) is 1.24. The molecule has 57 heavy (non-hydrogen) atoms. The number of hydrogen-bond donors (Lipinski definition) is 1. The zero-order chi connectivity index (χ0) is 42.2. The summed E-state index contributed by atoms with van der Waals surface area (Å²) in [5.74, 6) is -3.93. The minimum Gasteiger partial charge on any atom is -0.466 e. The molecule has 3 aromatic rings. The van der Waals surface area contributed by atoms with E-state index in [0.29, 0.717) is 12.1 Å². The van der Waals surface area contributed by atoms with Crippen molar-refractivity contribution in [3.63, 3.8) is 0 Å². The summed E-state index contributed by atoms with van der Waals surface area (Å²) < 4.78 is 127. The van der Waals surface area contributed by atoms with Gasteiger partial charge in [0.05, 0.1) is 35.2 Å². The summed E-state index contributed by atoms with van der Waals surface area (Å²) in [6.45, 7) is 5.23. The van der Waals surface area contributed by atoms with E-state index in [2.05, 4.69) is 5.32 Å². The number of likely N-dealkylation sites (N-methyl/N-ethyl adjacent to an activating group) is 1. The second-order valence-electron chi connectivity index (χ2n) is 12.8. The van der Waals surface area contributed by atoms with Crippen molar-refractivity contribution in [1.82, 2.24) is 15.1 Å². The Labute approximate surface area is 329 Å². The van der Waals surface area contributed by atoms with Gasteiger partial charge >= 0.3 is 18.3 Å². The van der Waals surface area contributed by atoms with E-state index in [1.807, 2.05) is 13.8 Å². The lowest BCUT2D eigenvalue weighted by atomic mass is 9.93. The average molecular weight is 830 g/mol. The Morgan fingerprint density at radius 3 is 2.37 bits per heavy atom. The number of likely N-dealkylation sites (tertiary alicyclic amines) is 1. The zero-order valence-electron chi connectivity index (χ0n) is 31.2. The number of nitrogens with one attached hydrogen (secondary N) is 1. The molecule has 1 amide bonds. The van der Waals surface area contributed by atoms with Gasteiger partial charge in [0.15, 0.2) is 0 Å². The molecule has 0 radical (unpaired) electrons. The number of nitrogens with zero attached hydrogens (tertiary/aromatic N) is 2. The van der Waals surface area contributed by atoms with Gasteiger partial charge < -0.3 is 19.7 Å². The van der Waals surface area contributed by atoms with Crippen LogP contribution in [-0.4, -0.2) is 73.6 Å². The molecule has 1 unspecified atom stereocenters. The highest BCUT2D eigenvalue weighted by molar-refractivity contribution is 6.33. The molecule has 1 saturated heterocycles. The highest BCUT2D eigenvalue weighted by Crippen LogP contribution is 2.45. The van der Waals surface area contributed by atoms with Gasteiger partial charge in [0.2, 0.25) is 5.91 Å². The molecule has 1 fully saturated rings. The predicted octanol–water partition coefficient (Wildman–Crippen LogP) is 9.70. The number of rotatable bonds is 10. The summed E-state index contributed by atoms with van der Waals surface area (Å²) in [4.78, 5) is 41.3. The van der Waals surface area contributed by atoms with E-state index in [9.17, 15) is 45.1 Å². The quantitative estimate of drug-likeness (QED) is 0.0716. The molecule has 5 rings (SSSR count). The first kappa shape index (κ1) is 44.8. The molecule has 0 spiro atoms. The summed E-state index contributed by atoms with van der Waals surface area (Å²) in [5, 5.41) is 2.36. The van der Waals surface area contributed by atoms with E-state index in [4.69, 9.17) is 21.1 Å². The van der Waals surface area contributed by atoms with Gasteiger partial charge in [-0.3, -0.25) is 19.3 Å². The highest BCUT2D eigenvalue weighted by atomic mass is 35.5. The van der Waals surface area contributed by atoms with Gasteiger partial charge in [-0.05, 0) is 72.5 Å². The third-order valence-electron chi connectivity index (χ3n) is 8.95. The average Bonchev–Trinajstić information content (AvgIpc) is 3.12. The molecule has 2 aliphatic heterocycles. The summed E-state index contributed by atoms with van der Waals surface area (Å²) >= 11 is 6.51. The van der Waals surface area contributed by atoms with Crippen molar-refractivity contribution in [3.8, 4) is 22.6 Å². The molecular formula is C40H40ClF8N3O5.